The van der Waals surface area contributed by atoms with Crippen LogP contribution in [-0.2, 0) is 4.79 Å². The summed E-state index contributed by atoms with van der Waals surface area (Å²) in [7, 11) is 0. The molecule has 0 unspecified atom stereocenters. The van der Waals surface area contributed by atoms with Gasteiger partial charge in [0, 0.05) is 25.0 Å². The van der Waals surface area contributed by atoms with Gasteiger partial charge in [-0.15, -0.1) is 24.8 Å². The van der Waals surface area contributed by atoms with Crippen molar-refractivity contribution in [2.75, 3.05) is 19.6 Å². The molecule has 1 aliphatic heterocycles. The van der Waals surface area contributed by atoms with Gasteiger partial charge in [-0.1, -0.05) is 18.9 Å². The highest BCUT2D eigenvalue weighted by molar-refractivity contribution is 5.91. The molecule has 1 aromatic rings. The summed E-state index contributed by atoms with van der Waals surface area (Å²) in [5.74, 6) is 0.855. The molecule has 1 saturated heterocycles. The first-order valence-electron chi connectivity index (χ1n) is 7.91. The first kappa shape index (κ1) is 21.9. The van der Waals surface area contributed by atoms with Crippen LogP contribution < -0.4 is 10.6 Å². The normalized spacial score (nSPS) is 14.8. The number of piperidine rings is 1. The number of amides is 1. The summed E-state index contributed by atoms with van der Waals surface area (Å²) in [6.45, 7) is 3.10. The van der Waals surface area contributed by atoms with Gasteiger partial charge >= 0.3 is 0 Å². The smallest absolute Gasteiger partial charge is 0.243 e. The van der Waals surface area contributed by atoms with E-state index in [0.717, 1.165) is 24.4 Å². The van der Waals surface area contributed by atoms with Crippen molar-refractivity contribution in [2.45, 2.75) is 32.1 Å². The number of carbonyl (C=O) groups is 1. The lowest BCUT2D eigenvalue weighted by Gasteiger charge is -2.22. The lowest BCUT2D eigenvalue weighted by Crippen LogP contribution is -2.28. The Kier molecular flexibility index (Phi) is 12.7. The van der Waals surface area contributed by atoms with Crippen LogP contribution >= 0.6 is 24.8 Å². The third kappa shape index (κ3) is 9.59. The summed E-state index contributed by atoms with van der Waals surface area (Å²) in [5, 5.41) is 6.32. The molecule has 0 saturated carbocycles. The number of hydrogen-bond donors (Lipinski definition) is 2. The average Bonchev–Trinajstić information content (AvgIpc) is 2.54. The number of carbonyl (C=O) groups excluding carboxylic acids is 1. The third-order valence-corrected chi connectivity index (χ3v) is 3.91. The molecule has 1 fully saturated rings. The zero-order valence-corrected chi connectivity index (χ0v) is 15.0. The van der Waals surface area contributed by atoms with E-state index in [9.17, 15) is 4.79 Å². The van der Waals surface area contributed by atoms with Crippen molar-refractivity contribution in [3.8, 4) is 0 Å². The van der Waals surface area contributed by atoms with Crippen LogP contribution in [0.1, 0.15) is 37.7 Å². The monoisotopic (exact) mass is 359 g/mol. The van der Waals surface area contributed by atoms with Gasteiger partial charge in [0.25, 0.3) is 0 Å². The van der Waals surface area contributed by atoms with E-state index in [-0.39, 0.29) is 30.7 Å². The molecule has 23 heavy (non-hydrogen) atoms. The minimum absolute atomic E-state index is 0. The summed E-state index contributed by atoms with van der Waals surface area (Å²) < 4.78 is 0. The van der Waals surface area contributed by atoms with E-state index in [2.05, 4.69) is 15.6 Å². The molecule has 0 aliphatic carbocycles. The van der Waals surface area contributed by atoms with Crippen LogP contribution in [0.5, 0.6) is 0 Å². The van der Waals surface area contributed by atoms with Gasteiger partial charge < -0.3 is 10.6 Å². The SMILES string of the molecule is Cl.Cl.O=C(/C=C\c1cccnc1)NCCCCC1CCNCC1. The van der Waals surface area contributed by atoms with E-state index in [1.807, 2.05) is 12.1 Å². The summed E-state index contributed by atoms with van der Waals surface area (Å²) in [5.41, 5.74) is 0.943. The molecule has 0 spiro atoms. The van der Waals surface area contributed by atoms with Crippen molar-refractivity contribution in [1.29, 1.82) is 0 Å². The maximum atomic E-state index is 11.7. The van der Waals surface area contributed by atoms with Gasteiger partial charge in [-0.3, -0.25) is 9.78 Å². The first-order valence-corrected chi connectivity index (χ1v) is 7.91. The molecule has 2 rings (SSSR count). The van der Waals surface area contributed by atoms with Crippen LogP contribution in [0.25, 0.3) is 6.08 Å². The number of aromatic nitrogens is 1. The second-order valence-electron chi connectivity index (χ2n) is 5.60. The minimum Gasteiger partial charge on any atom is -0.353 e. The lowest BCUT2D eigenvalue weighted by molar-refractivity contribution is -0.116. The van der Waals surface area contributed by atoms with E-state index < -0.39 is 0 Å². The minimum atomic E-state index is -0.0271. The van der Waals surface area contributed by atoms with Crippen molar-refractivity contribution in [3.63, 3.8) is 0 Å². The van der Waals surface area contributed by atoms with Crippen LogP contribution in [0.15, 0.2) is 30.6 Å². The molecule has 1 aromatic heterocycles. The molecule has 1 aliphatic rings. The summed E-state index contributed by atoms with van der Waals surface area (Å²) in [6, 6.07) is 3.79. The Balaban J connectivity index is 0.00000242. The van der Waals surface area contributed by atoms with Crippen LogP contribution in [-0.4, -0.2) is 30.5 Å². The fraction of sp³-hybridized carbons (Fsp3) is 0.529. The molecule has 2 N–H and O–H groups in total. The molecule has 1 amide bonds. The van der Waals surface area contributed by atoms with Crippen molar-refractivity contribution >= 4 is 36.8 Å². The maximum Gasteiger partial charge on any atom is 0.243 e. The van der Waals surface area contributed by atoms with Crippen LogP contribution in [0, 0.1) is 5.92 Å². The van der Waals surface area contributed by atoms with Gasteiger partial charge in [0.05, 0.1) is 0 Å². The largest absolute Gasteiger partial charge is 0.353 e. The van der Waals surface area contributed by atoms with Crippen LogP contribution in [0.4, 0.5) is 0 Å². The second kappa shape index (κ2) is 13.3. The molecule has 0 atom stereocenters. The van der Waals surface area contributed by atoms with Crippen molar-refractivity contribution in [3.05, 3.63) is 36.2 Å². The molecule has 0 radical (unpaired) electrons. The van der Waals surface area contributed by atoms with E-state index >= 15 is 0 Å². The van der Waals surface area contributed by atoms with Crippen LogP contribution in [0.3, 0.4) is 0 Å². The Labute approximate surface area is 151 Å². The molecule has 0 bridgehead atoms. The maximum absolute atomic E-state index is 11.7. The molecule has 0 aromatic carbocycles. The predicted octanol–water partition coefficient (Wildman–Crippen LogP) is 3.22. The summed E-state index contributed by atoms with van der Waals surface area (Å²) >= 11 is 0. The standard InChI is InChI=1S/C17H25N3O.2ClH/c21-17(7-6-16-5-3-10-19-14-16)20-11-2-1-4-15-8-12-18-13-9-15;;/h3,5-7,10,14-15,18H,1-2,4,8-9,11-13H2,(H,20,21);2*1H/b7-6-;;. The summed E-state index contributed by atoms with van der Waals surface area (Å²) in [4.78, 5) is 15.7. The molecule has 4 nitrogen and oxygen atoms in total. The molecular weight excluding hydrogens is 333 g/mol. The highest BCUT2D eigenvalue weighted by Crippen LogP contribution is 2.18. The summed E-state index contributed by atoms with van der Waals surface area (Å²) in [6.07, 6.45) is 13.0. The quantitative estimate of drug-likeness (QED) is 0.580. The fourth-order valence-electron chi connectivity index (χ4n) is 2.65. The van der Waals surface area contributed by atoms with E-state index in [0.29, 0.717) is 0 Å². The average molecular weight is 360 g/mol. The number of nitrogens with one attached hydrogen (secondary N) is 2. The van der Waals surface area contributed by atoms with Gasteiger partial charge in [0.15, 0.2) is 0 Å². The Morgan fingerprint density at radius 2 is 2.09 bits per heavy atom. The number of hydrogen-bond acceptors (Lipinski definition) is 3. The number of nitrogens with zero attached hydrogens (tertiary/aromatic N) is 1. The van der Waals surface area contributed by atoms with Crippen molar-refractivity contribution < 1.29 is 4.79 Å². The number of halogens is 2. The Hall–Kier alpha value is -1.10. The predicted molar refractivity (Wildman–Crippen MR) is 100 cm³/mol. The number of pyridine rings is 1. The van der Waals surface area contributed by atoms with Crippen molar-refractivity contribution in [1.82, 2.24) is 15.6 Å². The molecule has 6 heteroatoms. The Bertz CT molecular complexity index is 448. The molecule has 130 valence electrons. The lowest BCUT2D eigenvalue weighted by atomic mass is 9.92. The third-order valence-electron chi connectivity index (χ3n) is 3.91. The fourth-order valence-corrected chi connectivity index (χ4v) is 2.65. The highest BCUT2D eigenvalue weighted by atomic mass is 35.5. The van der Waals surface area contributed by atoms with E-state index in [4.69, 9.17) is 0 Å². The topological polar surface area (TPSA) is 54.0 Å². The zero-order chi connectivity index (χ0) is 14.8. The van der Waals surface area contributed by atoms with Crippen LogP contribution in [0.2, 0.25) is 0 Å². The van der Waals surface area contributed by atoms with Gasteiger partial charge in [-0.2, -0.15) is 0 Å². The first-order chi connectivity index (χ1) is 10.3. The van der Waals surface area contributed by atoms with E-state index in [1.54, 1.807) is 24.5 Å². The van der Waals surface area contributed by atoms with Gasteiger partial charge in [0.1, 0.15) is 0 Å². The molecular formula is C17H27Cl2N3O. The second-order valence-corrected chi connectivity index (χ2v) is 5.60. The number of rotatable bonds is 7. The van der Waals surface area contributed by atoms with Gasteiger partial charge in [-0.05, 0) is 56.0 Å². The van der Waals surface area contributed by atoms with Gasteiger partial charge in [0.2, 0.25) is 5.91 Å². The highest BCUT2D eigenvalue weighted by Gasteiger charge is 2.11. The zero-order valence-electron chi connectivity index (χ0n) is 13.4. The van der Waals surface area contributed by atoms with E-state index in [1.165, 1.54) is 38.8 Å². The molecule has 2 heterocycles. The number of unbranched alkanes of at least 4 members (excludes halogenated alkanes) is 1. The van der Waals surface area contributed by atoms with Gasteiger partial charge in [-0.25, -0.2) is 0 Å². The Morgan fingerprint density at radius 1 is 1.30 bits per heavy atom. The van der Waals surface area contributed by atoms with Crippen molar-refractivity contribution in [2.24, 2.45) is 5.92 Å². The Morgan fingerprint density at radius 3 is 2.78 bits per heavy atom.